The lowest BCUT2D eigenvalue weighted by Crippen LogP contribution is -2.58. The van der Waals surface area contributed by atoms with E-state index in [2.05, 4.69) is 5.32 Å². The molecule has 0 saturated carbocycles. The highest BCUT2D eigenvalue weighted by Crippen LogP contribution is 2.32. The first-order valence-corrected chi connectivity index (χ1v) is 8.40. The lowest BCUT2D eigenvalue weighted by atomic mass is 9.98. The number of benzene rings is 1. The summed E-state index contributed by atoms with van der Waals surface area (Å²) in [4.78, 5) is 25.4. The molecule has 1 aromatic carbocycles. The zero-order chi connectivity index (χ0) is 19.7. The SMILES string of the molecule is Cc1cccc(C(=O)NC2CCN(C(=O)C(C)(O)C(F)(F)F)CC2)c1C. The second-order valence-corrected chi connectivity index (χ2v) is 6.86. The van der Waals surface area contributed by atoms with E-state index in [0.29, 0.717) is 25.3 Å². The fraction of sp³-hybridized carbons (Fsp3) is 0.556. The zero-order valence-corrected chi connectivity index (χ0v) is 15.0. The third kappa shape index (κ3) is 4.00. The van der Waals surface area contributed by atoms with Crippen LogP contribution >= 0.6 is 0 Å². The monoisotopic (exact) mass is 372 g/mol. The Balaban J connectivity index is 1.96. The van der Waals surface area contributed by atoms with Gasteiger partial charge in [-0.05, 0) is 50.8 Å². The number of likely N-dealkylation sites (tertiary alicyclic amines) is 1. The third-order valence-electron chi connectivity index (χ3n) is 4.94. The standard InChI is InChI=1S/C18H23F3N2O3/c1-11-5-4-6-14(12(11)2)15(24)22-13-7-9-23(10-8-13)16(25)17(3,26)18(19,20)21/h4-6,13,26H,7-10H2,1-3H3,(H,22,24). The molecule has 2 rings (SSSR count). The highest BCUT2D eigenvalue weighted by molar-refractivity contribution is 5.96. The van der Waals surface area contributed by atoms with E-state index >= 15 is 0 Å². The van der Waals surface area contributed by atoms with E-state index < -0.39 is 17.7 Å². The van der Waals surface area contributed by atoms with Crippen LogP contribution in [-0.4, -0.2) is 52.7 Å². The van der Waals surface area contributed by atoms with E-state index in [-0.39, 0.29) is 25.0 Å². The van der Waals surface area contributed by atoms with E-state index in [0.717, 1.165) is 16.0 Å². The molecule has 26 heavy (non-hydrogen) atoms. The Bertz CT molecular complexity index is 693. The van der Waals surface area contributed by atoms with Crippen molar-refractivity contribution in [2.75, 3.05) is 13.1 Å². The summed E-state index contributed by atoms with van der Waals surface area (Å²) in [5.74, 6) is -1.59. The highest BCUT2D eigenvalue weighted by atomic mass is 19.4. The average Bonchev–Trinajstić information content (AvgIpc) is 2.56. The number of carbonyl (C=O) groups excluding carboxylic acids is 2. The number of aliphatic hydroxyl groups is 1. The number of halogens is 3. The van der Waals surface area contributed by atoms with Crippen LogP contribution in [0.3, 0.4) is 0 Å². The molecule has 5 nitrogen and oxygen atoms in total. The van der Waals surface area contributed by atoms with Gasteiger partial charge in [0.1, 0.15) is 0 Å². The molecule has 0 aromatic heterocycles. The van der Waals surface area contributed by atoms with Crippen molar-refractivity contribution in [3.05, 3.63) is 34.9 Å². The largest absolute Gasteiger partial charge is 0.426 e. The lowest BCUT2D eigenvalue weighted by molar-refractivity contribution is -0.250. The summed E-state index contributed by atoms with van der Waals surface area (Å²) in [5.41, 5.74) is -0.975. The summed E-state index contributed by atoms with van der Waals surface area (Å²) in [5, 5.41) is 12.4. The van der Waals surface area contributed by atoms with Crippen LogP contribution in [0.4, 0.5) is 13.2 Å². The van der Waals surface area contributed by atoms with E-state index in [1.807, 2.05) is 19.9 Å². The number of hydrogen-bond acceptors (Lipinski definition) is 3. The molecule has 0 aliphatic carbocycles. The van der Waals surface area contributed by atoms with Crippen molar-refractivity contribution < 1.29 is 27.9 Å². The first kappa shape index (κ1) is 20.2. The van der Waals surface area contributed by atoms with Crippen LogP contribution in [0.1, 0.15) is 41.3 Å². The molecule has 1 aliphatic rings. The van der Waals surface area contributed by atoms with Crippen molar-refractivity contribution in [1.82, 2.24) is 10.2 Å². The minimum absolute atomic E-state index is 0.0445. The molecule has 1 unspecified atom stereocenters. The lowest BCUT2D eigenvalue weighted by Gasteiger charge is -2.37. The summed E-state index contributed by atoms with van der Waals surface area (Å²) >= 11 is 0. The van der Waals surface area contributed by atoms with Crippen LogP contribution in [0.5, 0.6) is 0 Å². The van der Waals surface area contributed by atoms with E-state index in [1.165, 1.54) is 0 Å². The molecule has 0 bridgehead atoms. The normalized spacial score (nSPS) is 18.3. The first-order chi connectivity index (χ1) is 11.9. The molecule has 1 saturated heterocycles. The quantitative estimate of drug-likeness (QED) is 0.856. The van der Waals surface area contributed by atoms with Crippen LogP contribution in [0.2, 0.25) is 0 Å². The van der Waals surface area contributed by atoms with Crippen LogP contribution in [-0.2, 0) is 4.79 Å². The number of rotatable bonds is 3. The van der Waals surface area contributed by atoms with Crippen molar-refractivity contribution in [3.8, 4) is 0 Å². The van der Waals surface area contributed by atoms with Crippen molar-refractivity contribution in [1.29, 1.82) is 0 Å². The first-order valence-electron chi connectivity index (χ1n) is 8.40. The number of piperidine rings is 1. The fourth-order valence-corrected chi connectivity index (χ4v) is 2.92. The summed E-state index contributed by atoms with van der Waals surface area (Å²) in [6, 6.07) is 5.18. The maximum absolute atomic E-state index is 12.8. The van der Waals surface area contributed by atoms with Crippen molar-refractivity contribution in [2.24, 2.45) is 0 Å². The van der Waals surface area contributed by atoms with Gasteiger partial charge in [0.25, 0.3) is 11.8 Å². The van der Waals surface area contributed by atoms with Crippen molar-refractivity contribution >= 4 is 11.8 Å². The van der Waals surface area contributed by atoms with Gasteiger partial charge in [-0.25, -0.2) is 0 Å². The van der Waals surface area contributed by atoms with Gasteiger partial charge < -0.3 is 15.3 Å². The van der Waals surface area contributed by atoms with E-state index in [1.54, 1.807) is 12.1 Å². The Morgan fingerprint density at radius 1 is 1.19 bits per heavy atom. The maximum Gasteiger partial charge on any atom is 0.426 e. The van der Waals surface area contributed by atoms with E-state index in [4.69, 9.17) is 0 Å². The molecular formula is C18H23F3N2O3. The van der Waals surface area contributed by atoms with Crippen molar-refractivity contribution in [3.63, 3.8) is 0 Å². The number of hydrogen-bond donors (Lipinski definition) is 2. The molecule has 2 amide bonds. The molecule has 144 valence electrons. The summed E-state index contributed by atoms with van der Waals surface area (Å²) in [6.45, 7) is 4.31. The van der Waals surface area contributed by atoms with Gasteiger partial charge in [-0.1, -0.05) is 12.1 Å². The van der Waals surface area contributed by atoms with Gasteiger partial charge in [0.2, 0.25) is 5.60 Å². The highest BCUT2D eigenvalue weighted by Gasteiger charge is 2.57. The minimum atomic E-state index is -5.03. The van der Waals surface area contributed by atoms with Crippen LogP contribution in [0.25, 0.3) is 0 Å². The zero-order valence-electron chi connectivity index (χ0n) is 15.0. The third-order valence-corrected chi connectivity index (χ3v) is 4.94. The predicted molar refractivity (Wildman–Crippen MR) is 89.7 cm³/mol. The Morgan fingerprint density at radius 2 is 1.77 bits per heavy atom. The number of aryl methyl sites for hydroxylation is 1. The molecule has 0 radical (unpaired) electrons. The molecule has 1 aliphatic heterocycles. The molecule has 1 atom stereocenters. The topological polar surface area (TPSA) is 69.6 Å². The van der Waals surface area contributed by atoms with Gasteiger partial charge in [-0.3, -0.25) is 9.59 Å². The molecule has 1 aromatic rings. The van der Waals surface area contributed by atoms with Gasteiger partial charge in [-0.15, -0.1) is 0 Å². The Hall–Kier alpha value is -2.09. The van der Waals surface area contributed by atoms with Crippen molar-refractivity contribution in [2.45, 2.75) is 51.4 Å². The van der Waals surface area contributed by atoms with Gasteiger partial charge in [0.05, 0.1) is 0 Å². The fourth-order valence-electron chi connectivity index (χ4n) is 2.92. The molecular weight excluding hydrogens is 349 g/mol. The number of nitrogens with zero attached hydrogens (tertiary/aromatic N) is 1. The minimum Gasteiger partial charge on any atom is -0.373 e. The number of amides is 2. The van der Waals surface area contributed by atoms with Gasteiger partial charge in [0.15, 0.2) is 0 Å². The molecule has 0 spiro atoms. The summed E-state index contributed by atoms with van der Waals surface area (Å²) < 4.78 is 38.4. The second kappa shape index (κ2) is 7.26. The second-order valence-electron chi connectivity index (χ2n) is 6.86. The Kier molecular flexibility index (Phi) is 5.65. The van der Waals surface area contributed by atoms with E-state index in [9.17, 15) is 27.9 Å². The molecule has 1 heterocycles. The Labute approximate surface area is 150 Å². The van der Waals surface area contributed by atoms with Crippen LogP contribution < -0.4 is 5.32 Å². The molecule has 1 fully saturated rings. The Morgan fingerprint density at radius 3 is 2.31 bits per heavy atom. The number of nitrogens with one attached hydrogen (secondary N) is 1. The maximum atomic E-state index is 12.8. The number of carbonyl (C=O) groups is 2. The average molecular weight is 372 g/mol. The summed E-state index contributed by atoms with van der Waals surface area (Å²) in [7, 11) is 0. The smallest absolute Gasteiger partial charge is 0.373 e. The summed E-state index contributed by atoms with van der Waals surface area (Å²) in [6.07, 6.45) is -4.37. The van der Waals surface area contributed by atoms with Crippen LogP contribution in [0, 0.1) is 13.8 Å². The van der Waals surface area contributed by atoms with Crippen LogP contribution in [0.15, 0.2) is 18.2 Å². The molecule has 2 N–H and O–H groups in total. The predicted octanol–water partition coefficient (Wildman–Crippen LogP) is 2.34. The molecule has 8 heteroatoms. The van der Waals surface area contributed by atoms with Gasteiger partial charge >= 0.3 is 6.18 Å². The van der Waals surface area contributed by atoms with Gasteiger partial charge in [-0.2, -0.15) is 13.2 Å². The number of alkyl halides is 3. The van der Waals surface area contributed by atoms with Gasteiger partial charge in [0, 0.05) is 24.7 Å².